The van der Waals surface area contributed by atoms with E-state index in [4.69, 9.17) is 9.47 Å². The third-order valence-corrected chi connectivity index (χ3v) is 12.9. The summed E-state index contributed by atoms with van der Waals surface area (Å²) in [6.45, 7) is 27.4. The molecule has 464 valence electrons. The lowest BCUT2D eigenvalue weighted by Crippen LogP contribution is -2.03. The largest absolute Gasteiger partial charge is 0.497 e. The smallest absolute Gasteiger partial charge is 0.416 e. The van der Waals surface area contributed by atoms with Crippen molar-refractivity contribution >= 4 is 10.8 Å². The van der Waals surface area contributed by atoms with Gasteiger partial charge >= 0.3 is 6.18 Å². The fourth-order valence-electron chi connectivity index (χ4n) is 7.50. The van der Waals surface area contributed by atoms with Crippen molar-refractivity contribution in [1.29, 1.82) is 0 Å². The molecular formula is C82H96F4O2. The van der Waals surface area contributed by atoms with Gasteiger partial charge < -0.3 is 9.47 Å². The van der Waals surface area contributed by atoms with E-state index in [2.05, 4.69) is 215 Å². The maximum atomic E-state index is 12.1. The number of hydrogen-bond donors (Lipinski definition) is 0. The second-order valence-corrected chi connectivity index (χ2v) is 20.9. The highest BCUT2D eigenvalue weighted by Gasteiger charge is 2.29. The van der Waals surface area contributed by atoms with Crippen molar-refractivity contribution in [1.82, 2.24) is 0 Å². The molecule has 0 aliphatic heterocycles. The van der Waals surface area contributed by atoms with Crippen LogP contribution in [0.1, 0.15) is 94.1 Å². The molecule has 0 aromatic heterocycles. The quantitative estimate of drug-likeness (QED) is 0.164. The molecular weight excluding hydrogens is 1090 g/mol. The molecule has 0 heterocycles. The highest BCUT2D eigenvalue weighted by atomic mass is 19.4. The first kappa shape index (κ1) is 77.0. The topological polar surface area (TPSA) is 18.5 Å². The van der Waals surface area contributed by atoms with Crippen LogP contribution in [0.15, 0.2) is 267 Å². The van der Waals surface area contributed by atoms with Gasteiger partial charge in [-0.3, -0.25) is 0 Å². The van der Waals surface area contributed by atoms with Gasteiger partial charge in [0.1, 0.15) is 17.3 Å². The molecule has 0 saturated carbocycles. The second kappa shape index (κ2) is 42.8. The van der Waals surface area contributed by atoms with Crippen LogP contribution in [0.5, 0.6) is 11.5 Å². The van der Waals surface area contributed by atoms with E-state index in [0.717, 1.165) is 41.4 Å². The van der Waals surface area contributed by atoms with Gasteiger partial charge in [0.2, 0.25) is 0 Å². The molecule has 0 spiro atoms. The van der Waals surface area contributed by atoms with Gasteiger partial charge in [-0.15, -0.1) is 0 Å². The summed E-state index contributed by atoms with van der Waals surface area (Å²) in [5, 5.41) is 2.64. The van der Waals surface area contributed by atoms with Crippen LogP contribution >= 0.6 is 0 Å². The van der Waals surface area contributed by atoms with E-state index in [1.807, 2.05) is 86.6 Å². The van der Waals surface area contributed by atoms with Gasteiger partial charge in [0.15, 0.2) is 0 Å². The molecule has 88 heavy (non-hydrogen) atoms. The predicted octanol–water partition coefficient (Wildman–Crippen LogP) is 24.5. The highest BCUT2D eigenvalue weighted by Crippen LogP contribution is 2.29. The number of halogens is 4. The molecule has 0 aliphatic carbocycles. The number of methoxy groups -OCH3 is 1. The number of aryl methyl sites for hydroxylation is 12. The molecule has 0 atom stereocenters. The molecule has 0 N–H and O–H groups in total. The number of benzene rings is 11. The predicted molar refractivity (Wildman–Crippen MR) is 374 cm³/mol. The van der Waals surface area contributed by atoms with Crippen molar-refractivity contribution in [3.05, 3.63) is 345 Å². The highest BCUT2D eigenvalue weighted by molar-refractivity contribution is 5.82. The molecule has 0 amide bonds. The number of fused-ring (bicyclic) bond motifs is 1. The SMILES string of the molecule is C.C.CCOc1ccc(C)cc1.COc1ccc(C)cc1.Cc1ccc(-c2ccccc2)cc1.Cc1ccc(C(F)(F)F)cc1.Cc1ccc(C)c(C)c1.Cc1ccc(C)cc1.Cc1ccc(F)cc1.Cc1ccc2ccccc2c1.Cc1ccccc1. The standard InChI is InChI=1S/C13H12.C11H10.C9H12O.C9H12.C8H7F3.C8H10O.C8H10.C7H7F.C7H8.2CH4/c1-11-7-9-13(10-8-11)12-5-3-2-4-6-12;1-9-6-7-10-4-2-3-5-11(10)8-9;1-3-10-9-6-4-8(2)5-7-9;1-7-4-5-8(2)9(3)6-7;1-6-2-4-7(5-3-6)8(9,10)11;1-7-3-5-8(9-2)6-4-7;1-7-3-5-8(2)6-4-7;1-6-2-4-7(8)5-3-6;1-7-5-3-2-4-6-7;;/h2-10H,1H3;2-8H,1H3;4-7H,3H2,1-2H3;4-6H,1-3H3;2-5H,1H3;3-6H,1-2H3;3-6H,1-2H3;2-5H,1H3;2-6H,1H3;2*1H4. The third-order valence-electron chi connectivity index (χ3n) is 12.9. The second-order valence-electron chi connectivity index (χ2n) is 20.9. The Morgan fingerprint density at radius 2 is 0.636 bits per heavy atom. The minimum absolute atomic E-state index is 0. The molecule has 0 saturated heterocycles. The molecule has 0 bridgehead atoms. The van der Waals surface area contributed by atoms with Crippen LogP contribution in [0.2, 0.25) is 0 Å². The number of ether oxygens (including phenoxy) is 2. The van der Waals surface area contributed by atoms with Gasteiger partial charge in [-0.05, 0) is 172 Å². The zero-order valence-electron chi connectivity index (χ0n) is 52.9. The molecule has 6 heteroatoms. The van der Waals surface area contributed by atoms with E-state index >= 15 is 0 Å². The zero-order valence-corrected chi connectivity index (χ0v) is 52.9. The van der Waals surface area contributed by atoms with Gasteiger partial charge in [0.05, 0.1) is 19.3 Å². The van der Waals surface area contributed by atoms with E-state index in [0.29, 0.717) is 0 Å². The fourth-order valence-corrected chi connectivity index (χ4v) is 7.50. The Labute approximate surface area is 527 Å². The first-order chi connectivity index (χ1) is 41.0. The van der Waals surface area contributed by atoms with E-state index in [1.165, 1.54) is 102 Å². The summed E-state index contributed by atoms with van der Waals surface area (Å²) in [6.07, 6.45) is -4.21. The van der Waals surface area contributed by atoms with Crippen LogP contribution in [0, 0.1) is 88.9 Å². The summed E-state index contributed by atoms with van der Waals surface area (Å²) in [4.78, 5) is 0. The molecule has 11 rings (SSSR count). The normalized spacial score (nSPS) is 9.57. The van der Waals surface area contributed by atoms with Crippen LogP contribution in [-0.2, 0) is 6.18 Å². The number of alkyl halides is 3. The molecule has 0 fully saturated rings. The Bertz CT molecular complexity index is 3440. The van der Waals surface area contributed by atoms with E-state index in [-0.39, 0.29) is 20.7 Å². The lowest BCUT2D eigenvalue weighted by atomic mass is 10.0. The average Bonchev–Trinajstić information content (AvgIpc) is 2.97. The minimum Gasteiger partial charge on any atom is -0.497 e. The molecule has 0 aliphatic rings. The van der Waals surface area contributed by atoms with Crippen molar-refractivity contribution in [2.75, 3.05) is 13.7 Å². The summed E-state index contributed by atoms with van der Waals surface area (Å²) in [6, 6.07) is 86.7. The van der Waals surface area contributed by atoms with Crippen molar-refractivity contribution in [3.63, 3.8) is 0 Å². The Morgan fingerprint density at radius 3 is 1.02 bits per heavy atom. The van der Waals surface area contributed by atoms with Crippen LogP contribution in [-0.4, -0.2) is 13.7 Å². The van der Waals surface area contributed by atoms with Crippen LogP contribution in [0.25, 0.3) is 21.9 Å². The maximum Gasteiger partial charge on any atom is 0.416 e. The minimum atomic E-state index is -4.21. The molecule has 2 nitrogen and oxygen atoms in total. The first-order valence-electron chi connectivity index (χ1n) is 28.9. The lowest BCUT2D eigenvalue weighted by Gasteiger charge is -2.05. The Morgan fingerprint density at radius 1 is 0.307 bits per heavy atom. The van der Waals surface area contributed by atoms with Gasteiger partial charge in [0.25, 0.3) is 0 Å². The van der Waals surface area contributed by atoms with Gasteiger partial charge in [-0.25, -0.2) is 4.39 Å². The molecule has 11 aromatic carbocycles. The van der Waals surface area contributed by atoms with Crippen molar-refractivity contribution in [3.8, 4) is 22.6 Å². The first-order valence-corrected chi connectivity index (χ1v) is 28.9. The molecule has 0 radical (unpaired) electrons. The molecule has 0 unspecified atom stereocenters. The number of hydrogen-bond acceptors (Lipinski definition) is 2. The maximum absolute atomic E-state index is 12.1. The third kappa shape index (κ3) is 33.6. The van der Waals surface area contributed by atoms with E-state index in [1.54, 1.807) is 26.2 Å². The monoisotopic (exact) mass is 1190 g/mol. The summed E-state index contributed by atoms with van der Waals surface area (Å²) < 4.78 is 58.1. The van der Waals surface area contributed by atoms with Crippen molar-refractivity contribution < 1.29 is 27.0 Å². The van der Waals surface area contributed by atoms with Crippen LogP contribution < -0.4 is 9.47 Å². The lowest BCUT2D eigenvalue weighted by molar-refractivity contribution is -0.137. The van der Waals surface area contributed by atoms with Crippen molar-refractivity contribution in [2.45, 2.75) is 111 Å². The molecule has 11 aromatic rings. The Hall–Kier alpha value is -9.00. The Kier molecular flexibility index (Phi) is 37.4. The van der Waals surface area contributed by atoms with Crippen LogP contribution in [0.3, 0.4) is 0 Å². The summed E-state index contributed by atoms with van der Waals surface area (Å²) in [7, 11) is 1.67. The van der Waals surface area contributed by atoms with Gasteiger partial charge in [0, 0.05) is 0 Å². The summed E-state index contributed by atoms with van der Waals surface area (Å²) in [5.74, 6) is 1.70. The summed E-state index contributed by atoms with van der Waals surface area (Å²) in [5.41, 5.74) is 17.1. The van der Waals surface area contributed by atoms with E-state index < -0.39 is 11.7 Å². The zero-order chi connectivity index (χ0) is 63.3. The number of rotatable bonds is 4. The summed E-state index contributed by atoms with van der Waals surface area (Å²) >= 11 is 0. The van der Waals surface area contributed by atoms with Gasteiger partial charge in [-0.2, -0.15) is 13.2 Å². The fraction of sp³-hybridized carbons (Fsp3) is 0.220. The van der Waals surface area contributed by atoms with Gasteiger partial charge in [-0.1, -0.05) is 289 Å². The Balaban J connectivity index is 0.000000496. The van der Waals surface area contributed by atoms with Crippen molar-refractivity contribution in [2.24, 2.45) is 0 Å². The van der Waals surface area contributed by atoms with Crippen LogP contribution in [0.4, 0.5) is 17.6 Å². The average molecular weight is 1190 g/mol. The van der Waals surface area contributed by atoms with E-state index in [9.17, 15) is 17.6 Å².